The zero-order valence-corrected chi connectivity index (χ0v) is 6.40. The quantitative estimate of drug-likeness (QED) is 0.245. The average molecular weight is 176 g/mol. The first-order valence-electron chi connectivity index (χ1n) is 3.73. The predicted octanol–water partition coefficient (Wildman–Crippen LogP) is -3.10. The molecule has 0 rings (SSSR count). The highest BCUT2D eigenvalue weighted by molar-refractivity contribution is 5.75. The van der Waals surface area contributed by atoms with E-state index in [1.807, 2.05) is 0 Å². The number of hydrogen-bond donors (Lipinski definition) is 4. The lowest BCUT2D eigenvalue weighted by molar-refractivity contribution is 0.618. The van der Waals surface area contributed by atoms with Gasteiger partial charge in [0.05, 0.1) is 0 Å². The van der Waals surface area contributed by atoms with Crippen molar-refractivity contribution in [3.63, 3.8) is 0 Å². The van der Waals surface area contributed by atoms with E-state index < -0.39 is 0 Å². The van der Waals surface area contributed by atoms with Crippen molar-refractivity contribution in [1.82, 2.24) is 10.6 Å². The molecule has 0 unspecified atom stereocenters. The molecule has 11 heavy (non-hydrogen) atoms. The molecule has 0 bridgehead atoms. The van der Waals surface area contributed by atoms with Crippen LogP contribution in [0.5, 0.6) is 0 Å². The van der Waals surface area contributed by atoms with Crippen LogP contribution in [0.15, 0.2) is 0 Å². The van der Waals surface area contributed by atoms with Crippen LogP contribution in [-0.4, -0.2) is 56.6 Å². The first-order valence-corrected chi connectivity index (χ1v) is 3.73. The maximum absolute atomic E-state index is 5.27. The van der Waals surface area contributed by atoms with Crippen molar-refractivity contribution in [1.29, 1.82) is 0 Å². The Morgan fingerprint density at radius 3 is 1.36 bits per heavy atom. The largest absolute Gasteiger partial charge is 0.329 e. The Morgan fingerprint density at radius 2 is 1.09 bits per heavy atom. The minimum absolute atomic E-state index is 0. The van der Waals surface area contributed by atoms with E-state index in [9.17, 15) is 0 Å². The van der Waals surface area contributed by atoms with Gasteiger partial charge in [-0.1, -0.05) is 0 Å². The second-order valence-electron chi connectivity index (χ2n) is 2.08. The van der Waals surface area contributed by atoms with Gasteiger partial charge < -0.3 is 22.1 Å². The molecule has 0 aliphatic heterocycles. The first-order chi connectivity index (χ1) is 4.91. The number of rotatable bonds is 7. The monoisotopic (exact) mass is 176 g/mol. The maximum atomic E-state index is 5.27. The molecular weight excluding hydrogens is 155 g/mol. The molecule has 68 valence electrons. The Balaban J connectivity index is 0. The third kappa shape index (κ3) is 13.4. The Morgan fingerprint density at radius 1 is 0.727 bits per heavy atom. The highest BCUT2D eigenvalue weighted by Gasteiger charge is 1.83. The summed E-state index contributed by atoms with van der Waals surface area (Å²) in [5.74, 6) is 0. The van der Waals surface area contributed by atoms with Crippen molar-refractivity contribution in [2.75, 3.05) is 39.3 Å². The summed E-state index contributed by atoms with van der Waals surface area (Å²) in [7, 11) is 0. The second-order valence-corrected chi connectivity index (χ2v) is 2.08. The normalized spacial score (nSPS) is 9.27. The van der Waals surface area contributed by atoms with Gasteiger partial charge in [0.2, 0.25) is 0 Å². The lowest BCUT2D eigenvalue weighted by Crippen LogP contribution is -2.32. The molecule has 0 spiro atoms. The van der Waals surface area contributed by atoms with Crippen molar-refractivity contribution < 1.29 is 0 Å². The third-order valence-corrected chi connectivity index (χ3v) is 1.12. The van der Waals surface area contributed by atoms with Gasteiger partial charge in [0.15, 0.2) is 17.4 Å². The molecule has 0 aromatic carbocycles. The summed E-state index contributed by atoms with van der Waals surface area (Å²) in [5.41, 5.74) is 10.5. The molecular formula is C6H21AlN4. The average Bonchev–Trinajstić information content (AvgIpc) is 1.97. The summed E-state index contributed by atoms with van der Waals surface area (Å²) in [6, 6.07) is 0. The summed E-state index contributed by atoms with van der Waals surface area (Å²) in [6.07, 6.45) is 0. The highest BCUT2D eigenvalue weighted by Crippen LogP contribution is 1.57. The van der Waals surface area contributed by atoms with E-state index in [-0.39, 0.29) is 17.4 Å². The fraction of sp³-hybridized carbons (Fsp3) is 1.00. The number of nitrogens with one attached hydrogen (secondary N) is 2. The Bertz CT molecular complexity index is 54.5. The van der Waals surface area contributed by atoms with Gasteiger partial charge in [-0.15, -0.1) is 0 Å². The number of hydrogen-bond acceptors (Lipinski definition) is 4. The second kappa shape index (κ2) is 13.0. The Hall–Kier alpha value is 0.372. The van der Waals surface area contributed by atoms with Gasteiger partial charge in [0.1, 0.15) is 0 Å². The van der Waals surface area contributed by atoms with Crippen molar-refractivity contribution >= 4 is 17.4 Å². The molecule has 0 aromatic heterocycles. The fourth-order valence-electron chi connectivity index (χ4n) is 0.631. The van der Waals surface area contributed by atoms with E-state index >= 15 is 0 Å². The van der Waals surface area contributed by atoms with Crippen LogP contribution in [0.1, 0.15) is 0 Å². The summed E-state index contributed by atoms with van der Waals surface area (Å²) in [5, 5.41) is 6.33. The molecule has 0 amide bonds. The van der Waals surface area contributed by atoms with Crippen molar-refractivity contribution in [3.8, 4) is 0 Å². The fourth-order valence-corrected chi connectivity index (χ4v) is 0.631. The Labute approximate surface area is 79.2 Å². The van der Waals surface area contributed by atoms with Crippen LogP contribution in [0, 0.1) is 0 Å². The zero-order valence-electron chi connectivity index (χ0n) is 6.40. The van der Waals surface area contributed by atoms with E-state index in [1.165, 1.54) is 0 Å². The smallest absolute Gasteiger partial charge is 0.187 e. The minimum atomic E-state index is 0. The molecule has 6 N–H and O–H groups in total. The predicted molar refractivity (Wildman–Crippen MR) is 53.8 cm³/mol. The molecule has 0 aliphatic carbocycles. The topological polar surface area (TPSA) is 76.1 Å². The third-order valence-electron chi connectivity index (χ3n) is 1.12. The lowest BCUT2D eigenvalue weighted by Gasteiger charge is -2.03. The molecule has 0 radical (unpaired) electrons. The van der Waals surface area contributed by atoms with Gasteiger partial charge >= 0.3 is 0 Å². The van der Waals surface area contributed by atoms with Crippen LogP contribution in [0.25, 0.3) is 0 Å². The molecule has 0 heterocycles. The van der Waals surface area contributed by atoms with Gasteiger partial charge in [0, 0.05) is 39.3 Å². The van der Waals surface area contributed by atoms with Crippen LogP contribution >= 0.6 is 0 Å². The van der Waals surface area contributed by atoms with Crippen molar-refractivity contribution in [3.05, 3.63) is 0 Å². The molecule has 0 saturated heterocycles. The summed E-state index contributed by atoms with van der Waals surface area (Å²) < 4.78 is 0. The summed E-state index contributed by atoms with van der Waals surface area (Å²) >= 11 is 0. The molecule has 4 nitrogen and oxygen atoms in total. The van der Waals surface area contributed by atoms with Crippen LogP contribution in [0.4, 0.5) is 0 Å². The lowest BCUT2D eigenvalue weighted by atomic mass is 10.5. The van der Waals surface area contributed by atoms with E-state index in [2.05, 4.69) is 10.6 Å². The molecule has 5 heteroatoms. The van der Waals surface area contributed by atoms with Crippen LogP contribution in [0.3, 0.4) is 0 Å². The molecule has 0 atom stereocenters. The molecule has 0 saturated carbocycles. The Kier molecular flexibility index (Phi) is 16.5. The van der Waals surface area contributed by atoms with Crippen LogP contribution in [0.2, 0.25) is 0 Å². The van der Waals surface area contributed by atoms with Crippen molar-refractivity contribution in [2.45, 2.75) is 0 Å². The van der Waals surface area contributed by atoms with E-state index in [0.29, 0.717) is 13.1 Å². The summed E-state index contributed by atoms with van der Waals surface area (Å²) in [4.78, 5) is 0. The van der Waals surface area contributed by atoms with Gasteiger partial charge in [-0.3, -0.25) is 0 Å². The highest BCUT2D eigenvalue weighted by atomic mass is 27.0. The van der Waals surface area contributed by atoms with Crippen LogP contribution in [-0.2, 0) is 0 Å². The van der Waals surface area contributed by atoms with Crippen molar-refractivity contribution in [2.24, 2.45) is 11.5 Å². The van der Waals surface area contributed by atoms with Gasteiger partial charge in [-0.2, -0.15) is 0 Å². The van der Waals surface area contributed by atoms with E-state index in [1.54, 1.807) is 0 Å². The molecule has 0 fully saturated rings. The minimum Gasteiger partial charge on any atom is -0.329 e. The van der Waals surface area contributed by atoms with Gasteiger partial charge in [0.25, 0.3) is 0 Å². The number of nitrogens with two attached hydrogens (primary N) is 2. The van der Waals surface area contributed by atoms with E-state index in [0.717, 1.165) is 26.2 Å². The first kappa shape index (κ1) is 13.9. The van der Waals surface area contributed by atoms with Gasteiger partial charge in [-0.25, -0.2) is 0 Å². The zero-order chi connectivity index (χ0) is 7.66. The van der Waals surface area contributed by atoms with Gasteiger partial charge in [-0.05, 0) is 0 Å². The summed E-state index contributed by atoms with van der Waals surface area (Å²) in [6.45, 7) is 5.14. The van der Waals surface area contributed by atoms with E-state index in [4.69, 9.17) is 11.5 Å². The van der Waals surface area contributed by atoms with Crippen LogP contribution < -0.4 is 22.1 Å². The molecule has 0 aliphatic rings. The SMILES string of the molecule is NCCNCCNCCN.[AlH3]. The standard InChI is InChI=1S/C6H18N4.Al.3H/c7-1-3-9-5-6-10-4-2-8;;;;/h9-10H,1-8H2;;;;. The maximum Gasteiger partial charge on any atom is 0.187 e. The molecule has 0 aromatic rings.